The summed E-state index contributed by atoms with van der Waals surface area (Å²) in [4.78, 5) is 4.25. The molecule has 2 rings (SSSR count). The van der Waals surface area contributed by atoms with Crippen molar-refractivity contribution in [2.45, 2.75) is 6.92 Å². The van der Waals surface area contributed by atoms with Gasteiger partial charge in [-0.05, 0) is 18.4 Å². The van der Waals surface area contributed by atoms with Crippen LogP contribution in [0.4, 0.5) is 5.82 Å². The average molecular weight is 207 g/mol. The molecule has 2 nitrogen and oxygen atoms in total. The van der Waals surface area contributed by atoms with E-state index in [2.05, 4.69) is 10.3 Å². The first-order valence-electron chi connectivity index (χ1n) is 4.60. The Kier molecular flexibility index (Phi) is 2.55. The summed E-state index contributed by atoms with van der Waals surface area (Å²) in [5.41, 5.74) is 0. The van der Waals surface area contributed by atoms with Gasteiger partial charge in [-0.25, -0.2) is 4.98 Å². The predicted octanol–water partition coefficient (Wildman–Crippen LogP) is 3.32. The molecule has 0 spiro atoms. The minimum atomic E-state index is 0.555. The monoisotopic (exact) mass is 206 g/mol. The number of aromatic nitrogens is 1. The molecule has 1 heterocycles. The van der Waals surface area contributed by atoms with Crippen LogP contribution in [0.2, 0.25) is 5.15 Å². The maximum atomic E-state index is 6.05. The number of fused-ring (bicyclic) bond motifs is 1. The van der Waals surface area contributed by atoms with Gasteiger partial charge in [-0.15, -0.1) is 0 Å². The van der Waals surface area contributed by atoms with Crippen molar-refractivity contribution in [3.05, 3.63) is 35.5 Å². The molecule has 0 aliphatic carbocycles. The highest BCUT2D eigenvalue weighted by Crippen LogP contribution is 2.23. The van der Waals surface area contributed by atoms with E-state index in [0.29, 0.717) is 5.15 Å². The number of rotatable bonds is 2. The lowest BCUT2D eigenvalue weighted by molar-refractivity contribution is 1.17. The molecule has 0 aliphatic heterocycles. The molecule has 0 unspecified atom stereocenters. The van der Waals surface area contributed by atoms with Gasteiger partial charge in [0, 0.05) is 11.9 Å². The van der Waals surface area contributed by atoms with Gasteiger partial charge >= 0.3 is 0 Å². The lowest BCUT2D eigenvalue weighted by atomic mass is 10.2. The van der Waals surface area contributed by atoms with E-state index in [9.17, 15) is 0 Å². The molecule has 2 aromatic rings. The third-order valence-corrected chi connectivity index (χ3v) is 2.34. The quantitative estimate of drug-likeness (QED) is 0.763. The molecule has 1 N–H and O–H groups in total. The van der Waals surface area contributed by atoms with Gasteiger partial charge in [-0.1, -0.05) is 35.9 Å². The molecule has 1 aromatic carbocycles. The van der Waals surface area contributed by atoms with E-state index in [1.165, 1.54) is 0 Å². The molecule has 0 saturated heterocycles. The van der Waals surface area contributed by atoms with Crippen LogP contribution < -0.4 is 5.32 Å². The maximum absolute atomic E-state index is 6.05. The normalized spacial score (nSPS) is 10.4. The smallest absolute Gasteiger partial charge is 0.139 e. The minimum absolute atomic E-state index is 0.555. The molecule has 0 bridgehead atoms. The van der Waals surface area contributed by atoms with Crippen LogP contribution in [0.1, 0.15) is 6.92 Å². The second kappa shape index (κ2) is 3.84. The highest BCUT2D eigenvalue weighted by Gasteiger charge is 2.01. The second-order valence-corrected chi connectivity index (χ2v) is 3.41. The van der Waals surface area contributed by atoms with Crippen molar-refractivity contribution in [2.24, 2.45) is 0 Å². The van der Waals surface area contributed by atoms with E-state index in [1.807, 2.05) is 37.3 Å². The molecule has 0 aliphatic rings. The van der Waals surface area contributed by atoms with Crippen molar-refractivity contribution in [2.75, 3.05) is 11.9 Å². The highest BCUT2D eigenvalue weighted by molar-refractivity contribution is 6.34. The largest absolute Gasteiger partial charge is 0.370 e. The Morgan fingerprint density at radius 2 is 2.14 bits per heavy atom. The molecular formula is C11H11ClN2. The number of halogens is 1. The highest BCUT2D eigenvalue weighted by atomic mass is 35.5. The Bertz CT molecular complexity index is 454. The summed E-state index contributed by atoms with van der Waals surface area (Å²) in [5, 5.41) is 5.81. The van der Waals surface area contributed by atoms with Crippen LogP contribution in [-0.4, -0.2) is 11.5 Å². The van der Waals surface area contributed by atoms with Crippen LogP contribution in [0.15, 0.2) is 30.3 Å². The Balaban J connectivity index is 2.60. The zero-order valence-electron chi connectivity index (χ0n) is 7.92. The molecule has 14 heavy (non-hydrogen) atoms. The number of nitrogens with zero attached hydrogens (tertiary/aromatic N) is 1. The number of nitrogens with one attached hydrogen (secondary N) is 1. The van der Waals surface area contributed by atoms with E-state index in [-0.39, 0.29) is 0 Å². The maximum Gasteiger partial charge on any atom is 0.139 e. The lowest BCUT2D eigenvalue weighted by Gasteiger charge is -2.05. The van der Waals surface area contributed by atoms with Crippen molar-refractivity contribution in [1.29, 1.82) is 0 Å². The van der Waals surface area contributed by atoms with E-state index in [1.54, 1.807) is 0 Å². The topological polar surface area (TPSA) is 24.9 Å². The molecule has 1 aromatic heterocycles. The minimum Gasteiger partial charge on any atom is -0.370 e. The summed E-state index contributed by atoms with van der Waals surface area (Å²) in [6.45, 7) is 2.88. The molecular weight excluding hydrogens is 196 g/mol. The van der Waals surface area contributed by atoms with Crippen LogP contribution in [-0.2, 0) is 0 Å². The summed E-state index contributed by atoms with van der Waals surface area (Å²) < 4.78 is 0. The van der Waals surface area contributed by atoms with Crippen LogP contribution in [0.5, 0.6) is 0 Å². The fraction of sp³-hybridized carbons (Fsp3) is 0.182. The van der Waals surface area contributed by atoms with Crippen molar-refractivity contribution < 1.29 is 0 Å². The summed E-state index contributed by atoms with van der Waals surface area (Å²) in [6.07, 6.45) is 0. The van der Waals surface area contributed by atoms with Crippen molar-refractivity contribution >= 4 is 28.2 Å². The predicted molar refractivity (Wildman–Crippen MR) is 60.9 cm³/mol. The number of hydrogen-bond donors (Lipinski definition) is 1. The fourth-order valence-electron chi connectivity index (χ4n) is 1.43. The number of anilines is 1. The van der Waals surface area contributed by atoms with Gasteiger partial charge in [-0.2, -0.15) is 0 Å². The first-order chi connectivity index (χ1) is 6.81. The molecule has 0 saturated carbocycles. The molecule has 0 amide bonds. The van der Waals surface area contributed by atoms with Gasteiger partial charge in [0.25, 0.3) is 0 Å². The number of pyridine rings is 1. The SMILES string of the molecule is CCNc1cc2ccccc2c(Cl)n1. The van der Waals surface area contributed by atoms with E-state index < -0.39 is 0 Å². The molecule has 3 heteroatoms. The molecule has 0 atom stereocenters. The average Bonchev–Trinajstić information content (AvgIpc) is 2.18. The zero-order valence-corrected chi connectivity index (χ0v) is 8.67. The van der Waals surface area contributed by atoms with Gasteiger partial charge in [0.05, 0.1) is 0 Å². The summed E-state index contributed by atoms with van der Waals surface area (Å²) in [5.74, 6) is 0.830. The third-order valence-electron chi connectivity index (χ3n) is 2.05. The third kappa shape index (κ3) is 1.66. The molecule has 0 fully saturated rings. The fourth-order valence-corrected chi connectivity index (χ4v) is 1.69. The number of hydrogen-bond acceptors (Lipinski definition) is 2. The van der Waals surface area contributed by atoms with Crippen molar-refractivity contribution in [3.63, 3.8) is 0 Å². The second-order valence-electron chi connectivity index (χ2n) is 3.05. The summed E-state index contributed by atoms with van der Waals surface area (Å²) in [6, 6.07) is 9.96. The van der Waals surface area contributed by atoms with Gasteiger partial charge in [-0.3, -0.25) is 0 Å². The molecule has 72 valence electrons. The van der Waals surface area contributed by atoms with Gasteiger partial charge < -0.3 is 5.32 Å². The Morgan fingerprint density at radius 1 is 1.36 bits per heavy atom. The van der Waals surface area contributed by atoms with Crippen LogP contribution >= 0.6 is 11.6 Å². The van der Waals surface area contributed by atoms with Gasteiger partial charge in [0.1, 0.15) is 11.0 Å². The van der Waals surface area contributed by atoms with Gasteiger partial charge in [0.2, 0.25) is 0 Å². The van der Waals surface area contributed by atoms with Crippen LogP contribution in [0.3, 0.4) is 0 Å². The standard InChI is InChI=1S/C11H11ClN2/c1-2-13-10-7-8-5-3-4-6-9(8)11(12)14-10/h3-7H,2H2,1H3,(H,13,14). The van der Waals surface area contributed by atoms with Crippen LogP contribution in [0.25, 0.3) is 10.8 Å². The van der Waals surface area contributed by atoms with E-state index in [0.717, 1.165) is 23.1 Å². The van der Waals surface area contributed by atoms with Crippen molar-refractivity contribution in [3.8, 4) is 0 Å². The van der Waals surface area contributed by atoms with Gasteiger partial charge in [0.15, 0.2) is 0 Å². The number of benzene rings is 1. The molecule has 0 radical (unpaired) electrons. The Hall–Kier alpha value is -1.28. The van der Waals surface area contributed by atoms with Crippen molar-refractivity contribution in [1.82, 2.24) is 4.98 Å². The van der Waals surface area contributed by atoms with Crippen LogP contribution in [0, 0.1) is 0 Å². The Labute approximate surface area is 87.9 Å². The first-order valence-corrected chi connectivity index (χ1v) is 4.98. The summed E-state index contributed by atoms with van der Waals surface area (Å²) >= 11 is 6.05. The first kappa shape index (κ1) is 9.28. The Morgan fingerprint density at radius 3 is 2.93 bits per heavy atom. The summed E-state index contributed by atoms with van der Waals surface area (Å²) in [7, 11) is 0. The van der Waals surface area contributed by atoms with E-state index >= 15 is 0 Å². The zero-order chi connectivity index (χ0) is 9.97. The van der Waals surface area contributed by atoms with E-state index in [4.69, 9.17) is 11.6 Å². The lowest BCUT2D eigenvalue weighted by Crippen LogP contribution is -1.99.